The molecule has 0 fully saturated rings. The van der Waals surface area contributed by atoms with Crippen molar-refractivity contribution in [3.8, 4) is 0 Å². The molecule has 0 radical (unpaired) electrons. The fourth-order valence-electron chi connectivity index (χ4n) is 14.6. The predicted octanol–water partition coefficient (Wildman–Crippen LogP) is 19.4. The second-order valence-corrected chi connectivity index (χ2v) is 29.4. The molecule has 4 aliphatic rings. The smallest absolute Gasteiger partial charge is 0.252 e. The minimum atomic E-state index is -0.0427. The number of aryl methyl sites for hydroxylation is 3. The lowest BCUT2D eigenvalue weighted by molar-refractivity contribution is 0.332. The first kappa shape index (κ1) is 52.4. The number of anilines is 9. The average molecular weight is 1050 g/mol. The van der Waals surface area contributed by atoms with Crippen LogP contribution in [-0.2, 0) is 32.5 Å². The molecule has 406 valence electrons. The topological polar surface area (TPSA) is 22.9 Å². The van der Waals surface area contributed by atoms with Crippen LogP contribution in [0.4, 0.5) is 51.2 Å². The van der Waals surface area contributed by atoms with Gasteiger partial charge < -0.3 is 19.1 Å². The van der Waals surface area contributed by atoms with E-state index in [1.165, 1.54) is 113 Å². The predicted molar refractivity (Wildman–Crippen MR) is 345 cm³/mol. The van der Waals surface area contributed by atoms with Crippen molar-refractivity contribution >= 4 is 96.2 Å². The third kappa shape index (κ3) is 8.13. The van der Waals surface area contributed by atoms with E-state index in [9.17, 15) is 0 Å². The van der Waals surface area contributed by atoms with E-state index in [0.29, 0.717) is 0 Å². The summed E-state index contributed by atoms with van der Waals surface area (Å²) in [6.45, 7) is 40.5. The van der Waals surface area contributed by atoms with Gasteiger partial charge in [-0.15, -0.1) is 0 Å². The maximum absolute atomic E-state index is 6.56. The van der Waals surface area contributed by atoms with E-state index < -0.39 is 0 Å². The van der Waals surface area contributed by atoms with Gasteiger partial charge in [0, 0.05) is 62.0 Å². The normalized spacial score (nSPS) is 17.4. The van der Waals surface area contributed by atoms with E-state index in [4.69, 9.17) is 4.42 Å². The van der Waals surface area contributed by atoms with Crippen LogP contribution in [0.25, 0.3) is 21.9 Å². The highest BCUT2D eigenvalue weighted by atomic mass is 16.3. The first-order chi connectivity index (χ1) is 37.6. The molecule has 0 saturated carbocycles. The molecular weight excluding hydrogens is 970 g/mol. The molecule has 0 spiro atoms. The number of para-hydroxylation sites is 1. The Morgan fingerprint density at radius 3 is 1.51 bits per heavy atom. The van der Waals surface area contributed by atoms with Crippen LogP contribution in [0.1, 0.15) is 173 Å². The summed E-state index contributed by atoms with van der Waals surface area (Å²) in [5, 5.41) is 2.25. The van der Waals surface area contributed by atoms with Gasteiger partial charge in [0.2, 0.25) is 0 Å². The molecule has 0 unspecified atom stereocenters. The van der Waals surface area contributed by atoms with Crippen LogP contribution in [0.5, 0.6) is 0 Å². The van der Waals surface area contributed by atoms with Crippen molar-refractivity contribution in [3.05, 3.63) is 190 Å². The van der Waals surface area contributed by atoms with Gasteiger partial charge in [0.15, 0.2) is 0 Å². The van der Waals surface area contributed by atoms with Crippen molar-refractivity contribution < 1.29 is 4.42 Å². The van der Waals surface area contributed by atoms with Gasteiger partial charge in [-0.05, 0) is 224 Å². The minimum absolute atomic E-state index is 0.0139. The molecule has 1 aromatic heterocycles. The second-order valence-electron chi connectivity index (χ2n) is 29.4. The van der Waals surface area contributed by atoms with Gasteiger partial charge in [-0.3, -0.25) is 0 Å². The number of benzene rings is 8. The molecule has 8 aromatic carbocycles. The number of hydrogen-bond acceptors (Lipinski definition) is 4. The molecule has 13 rings (SSSR count). The summed E-state index contributed by atoms with van der Waals surface area (Å²) >= 11 is 0. The molecule has 3 heterocycles. The Balaban J connectivity index is 1.12. The standard InChI is InChI=1S/C75H82BN3O/c1-45-36-65-69-66(37-45)79(51-24-27-55-56(41-51)73(12,13)33-32-72(55,10)11)64-44-58-57(74(14,15)34-35-75(58,16)17)43-60(64)76(69)59-28-25-52(42-63(59)78(65)50-26-31-68-54(40-50)53-20-18-19-21-67(53)80-68)77(61-29-22-48(38-46(61)2)70(4,5)6)62-30-23-49(39-47(62)3)71(7,8)9/h18-31,36-44H,32-35H2,1-17H3. The number of nitrogens with zero attached hydrogens (tertiary/aromatic N) is 3. The van der Waals surface area contributed by atoms with Gasteiger partial charge in [0.05, 0.1) is 0 Å². The summed E-state index contributed by atoms with van der Waals surface area (Å²) < 4.78 is 6.56. The summed E-state index contributed by atoms with van der Waals surface area (Å²) in [6.07, 6.45) is 4.65. The van der Waals surface area contributed by atoms with Crippen molar-refractivity contribution in [1.29, 1.82) is 0 Å². The van der Waals surface area contributed by atoms with Crippen LogP contribution >= 0.6 is 0 Å². The van der Waals surface area contributed by atoms with Gasteiger partial charge in [-0.2, -0.15) is 0 Å². The number of furan rings is 1. The fourth-order valence-corrected chi connectivity index (χ4v) is 14.6. The Hall–Kier alpha value is -6.98. The van der Waals surface area contributed by atoms with Crippen molar-refractivity contribution in [1.82, 2.24) is 0 Å². The van der Waals surface area contributed by atoms with E-state index in [1.807, 2.05) is 0 Å². The van der Waals surface area contributed by atoms with E-state index >= 15 is 0 Å². The third-order valence-corrected chi connectivity index (χ3v) is 19.7. The lowest BCUT2D eigenvalue weighted by Gasteiger charge is -2.48. The first-order valence-corrected chi connectivity index (χ1v) is 29.8. The van der Waals surface area contributed by atoms with Crippen LogP contribution in [-0.4, -0.2) is 6.71 Å². The average Bonchev–Trinajstić information content (AvgIpc) is 3.91. The molecule has 0 amide bonds. The van der Waals surface area contributed by atoms with Crippen LogP contribution in [0.2, 0.25) is 0 Å². The molecular formula is C75H82BN3O. The van der Waals surface area contributed by atoms with E-state index in [2.05, 4.69) is 272 Å². The highest BCUT2D eigenvalue weighted by Gasteiger charge is 2.48. The Kier molecular flexibility index (Phi) is 11.5. The van der Waals surface area contributed by atoms with Crippen LogP contribution in [0.15, 0.2) is 144 Å². The Bertz CT molecular complexity index is 3990. The Morgan fingerprint density at radius 1 is 0.438 bits per heavy atom. The molecule has 0 atom stereocenters. The molecule has 80 heavy (non-hydrogen) atoms. The lowest BCUT2D eigenvalue weighted by atomic mass is 9.33. The molecule has 2 aliphatic carbocycles. The molecule has 0 bridgehead atoms. The summed E-state index contributed by atoms with van der Waals surface area (Å²) in [6, 6.07) is 54.9. The van der Waals surface area contributed by atoms with E-state index in [1.54, 1.807) is 0 Å². The quantitative estimate of drug-likeness (QED) is 0.160. The molecule has 0 saturated heterocycles. The van der Waals surface area contributed by atoms with E-state index in [-0.39, 0.29) is 39.2 Å². The Morgan fingerprint density at radius 2 is 0.938 bits per heavy atom. The Labute approximate surface area is 478 Å². The van der Waals surface area contributed by atoms with Gasteiger partial charge in [0.1, 0.15) is 11.2 Å². The van der Waals surface area contributed by atoms with Gasteiger partial charge in [0.25, 0.3) is 6.71 Å². The number of hydrogen-bond donors (Lipinski definition) is 0. The number of rotatable bonds is 5. The van der Waals surface area contributed by atoms with Crippen LogP contribution < -0.4 is 31.1 Å². The maximum atomic E-state index is 6.56. The van der Waals surface area contributed by atoms with E-state index in [0.717, 1.165) is 52.6 Å². The van der Waals surface area contributed by atoms with Crippen LogP contribution in [0.3, 0.4) is 0 Å². The minimum Gasteiger partial charge on any atom is -0.456 e. The van der Waals surface area contributed by atoms with Crippen LogP contribution in [0, 0.1) is 20.8 Å². The highest BCUT2D eigenvalue weighted by molar-refractivity contribution is 7.00. The largest absolute Gasteiger partial charge is 0.456 e. The maximum Gasteiger partial charge on any atom is 0.252 e. The molecule has 4 nitrogen and oxygen atoms in total. The highest BCUT2D eigenvalue weighted by Crippen LogP contribution is 2.54. The summed E-state index contributed by atoms with van der Waals surface area (Å²) in [4.78, 5) is 7.84. The first-order valence-electron chi connectivity index (χ1n) is 29.8. The zero-order valence-corrected chi connectivity index (χ0v) is 50.9. The molecule has 2 aliphatic heterocycles. The zero-order valence-electron chi connectivity index (χ0n) is 50.9. The summed E-state index contributed by atoms with van der Waals surface area (Å²) in [5.41, 5.74) is 29.2. The van der Waals surface area contributed by atoms with Crippen molar-refractivity contribution in [2.75, 3.05) is 14.7 Å². The molecule has 0 N–H and O–H groups in total. The fraction of sp³-hybridized carbons (Fsp3) is 0.360. The monoisotopic (exact) mass is 1050 g/mol. The third-order valence-electron chi connectivity index (χ3n) is 19.7. The van der Waals surface area contributed by atoms with Crippen molar-refractivity contribution in [2.24, 2.45) is 0 Å². The molecule has 9 aromatic rings. The van der Waals surface area contributed by atoms with Gasteiger partial charge in [-0.25, -0.2) is 0 Å². The van der Waals surface area contributed by atoms with Crippen molar-refractivity contribution in [2.45, 2.75) is 176 Å². The summed E-state index contributed by atoms with van der Waals surface area (Å²) in [5.74, 6) is 0. The molecule has 5 heteroatoms. The van der Waals surface area contributed by atoms with Gasteiger partial charge >= 0.3 is 0 Å². The second kappa shape index (κ2) is 17.5. The summed E-state index contributed by atoms with van der Waals surface area (Å²) in [7, 11) is 0. The number of fused-ring (bicyclic) bond motifs is 9. The SMILES string of the molecule is Cc1cc2c3c(c1)N(c1ccc4c(c1)C(C)(C)CCC4(C)C)c1cc4c(cc1B3c1ccc(N(c3ccc(C(C)(C)C)cc3C)c3ccc(C(C)(C)C)cc3C)cc1N2c1ccc2oc3ccccc3c2c1)C(C)(C)CCC4(C)C. The zero-order chi connectivity index (χ0) is 56.5. The van der Waals surface area contributed by atoms with Gasteiger partial charge in [-0.1, -0.05) is 158 Å². The lowest BCUT2D eigenvalue weighted by Crippen LogP contribution is -2.62. The van der Waals surface area contributed by atoms with Crippen molar-refractivity contribution in [3.63, 3.8) is 0 Å².